The molecule has 3 heterocycles. The lowest BCUT2D eigenvalue weighted by atomic mass is 9.80. The Bertz CT molecular complexity index is 508. The van der Waals surface area contributed by atoms with Crippen molar-refractivity contribution < 1.29 is 14.3 Å². The molecule has 5 nitrogen and oxygen atoms in total. The van der Waals surface area contributed by atoms with Crippen LogP contribution >= 0.6 is 11.3 Å². The van der Waals surface area contributed by atoms with Crippen LogP contribution in [0.3, 0.4) is 0 Å². The van der Waals surface area contributed by atoms with E-state index in [1.165, 1.54) is 0 Å². The third-order valence-electron chi connectivity index (χ3n) is 4.85. The standard InChI is InChI=1S/C17H26N2O3S/c1-21-8-6-18-7-9-22-14-17(12-18)4-2-5-19(13-17)16(20)15-3-10-23-11-15/h3,10-11H,2,4-9,12-14H2,1H3/t17-/m0/s1. The van der Waals surface area contributed by atoms with Crippen LogP contribution in [0.25, 0.3) is 0 Å². The van der Waals surface area contributed by atoms with Crippen LogP contribution in [0.15, 0.2) is 16.8 Å². The van der Waals surface area contributed by atoms with Crippen LogP contribution in [0.4, 0.5) is 0 Å². The van der Waals surface area contributed by atoms with E-state index < -0.39 is 0 Å². The number of thiophene rings is 1. The van der Waals surface area contributed by atoms with Gasteiger partial charge in [0.15, 0.2) is 0 Å². The van der Waals surface area contributed by atoms with E-state index in [9.17, 15) is 4.79 Å². The summed E-state index contributed by atoms with van der Waals surface area (Å²) in [6, 6.07) is 1.92. The van der Waals surface area contributed by atoms with Crippen molar-refractivity contribution in [2.24, 2.45) is 5.41 Å². The maximum atomic E-state index is 12.7. The molecule has 23 heavy (non-hydrogen) atoms. The number of likely N-dealkylation sites (tertiary alicyclic amines) is 1. The zero-order valence-corrected chi connectivity index (χ0v) is 14.6. The molecule has 0 N–H and O–H groups in total. The van der Waals surface area contributed by atoms with E-state index in [1.807, 2.05) is 21.7 Å². The summed E-state index contributed by atoms with van der Waals surface area (Å²) in [7, 11) is 1.74. The van der Waals surface area contributed by atoms with Crippen molar-refractivity contribution in [1.29, 1.82) is 0 Å². The first-order valence-corrected chi connectivity index (χ1v) is 9.27. The Morgan fingerprint density at radius 3 is 3.13 bits per heavy atom. The van der Waals surface area contributed by atoms with Gasteiger partial charge in [0.25, 0.3) is 5.91 Å². The van der Waals surface area contributed by atoms with Crippen molar-refractivity contribution in [1.82, 2.24) is 9.80 Å². The minimum Gasteiger partial charge on any atom is -0.383 e. The summed E-state index contributed by atoms with van der Waals surface area (Å²) >= 11 is 1.58. The Balaban J connectivity index is 1.68. The predicted octanol–water partition coefficient (Wildman–Crippen LogP) is 1.95. The van der Waals surface area contributed by atoms with Crippen LogP contribution in [0.1, 0.15) is 23.2 Å². The number of methoxy groups -OCH3 is 1. The van der Waals surface area contributed by atoms with Crippen molar-refractivity contribution in [2.45, 2.75) is 12.8 Å². The van der Waals surface area contributed by atoms with Crippen LogP contribution < -0.4 is 0 Å². The molecule has 0 radical (unpaired) electrons. The lowest BCUT2D eigenvalue weighted by molar-refractivity contribution is 0.00622. The number of carbonyl (C=O) groups excluding carboxylic acids is 1. The second-order valence-electron chi connectivity index (χ2n) is 6.66. The Labute approximate surface area is 142 Å². The number of nitrogens with zero attached hydrogens (tertiary/aromatic N) is 2. The first kappa shape index (κ1) is 16.9. The largest absolute Gasteiger partial charge is 0.383 e. The smallest absolute Gasteiger partial charge is 0.254 e. The van der Waals surface area contributed by atoms with Gasteiger partial charge in [-0.2, -0.15) is 11.3 Å². The number of amides is 1. The third kappa shape index (κ3) is 4.12. The fourth-order valence-corrected chi connectivity index (χ4v) is 4.32. The summed E-state index contributed by atoms with van der Waals surface area (Å²) in [5.41, 5.74) is 0.881. The van der Waals surface area contributed by atoms with Gasteiger partial charge in [-0.1, -0.05) is 0 Å². The van der Waals surface area contributed by atoms with Crippen molar-refractivity contribution in [2.75, 3.05) is 59.7 Å². The molecule has 0 aromatic carbocycles. The van der Waals surface area contributed by atoms with E-state index in [1.54, 1.807) is 18.4 Å². The summed E-state index contributed by atoms with van der Waals surface area (Å²) in [5, 5.41) is 3.91. The highest BCUT2D eigenvalue weighted by Gasteiger charge is 2.40. The minimum atomic E-state index is 0.0637. The summed E-state index contributed by atoms with van der Waals surface area (Å²) in [6.45, 7) is 6.79. The molecule has 1 aromatic rings. The molecule has 2 aliphatic rings. The SMILES string of the molecule is COCCN1CCOC[C@@]2(CCCN(C(=O)c3ccsc3)C2)C1. The van der Waals surface area contributed by atoms with Gasteiger partial charge in [0.2, 0.25) is 0 Å². The van der Waals surface area contributed by atoms with E-state index in [2.05, 4.69) is 4.90 Å². The molecule has 3 rings (SSSR count). The second kappa shape index (κ2) is 7.75. The zero-order chi connectivity index (χ0) is 16.1. The fourth-order valence-electron chi connectivity index (χ4n) is 3.69. The van der Waals surface area contributed by atoms with Gasteiger partial charge in [-0.25, -0.2) is 0 Å². The van der Waals surface area contributed by atoms with Crippen LogP contribution in [-0.4, -0.2) is 75.4 Å². The normalized spacial score (nSPS) is 26.4. The Morgan fingerprint density at radius 2 is 2.35 bits per heavy atom. The molecule has 0 bridgehead atoms. The van der Waals surface area contributed by atoms with Crippen molar-refractivity contribution in [3.05, 3.63) is 22.4 Å². The van der Waals surface area contributed by atoms with E-state index >= 15 is 0 Å². The molecule has 6 heteroatoms. The van der Waals surface area contributed by atoms with E-state index in [0.29, 0.717) is 0 Å². The molecule has 2 saturated heterocycles. The molecule has 128 valence electrons. The average molecular weight is 338 g/mol. The minimum absolute atomic E-state index is 0.0637. The molecule has 1 amide bonds. The molecular formula is C17H26N2O3S. The maximum absolute atomic E-state index is 12.7. The van der Waals surface area contributed by atoms with Gasteiger partial charge in [0.1, 0.15) is 0 Å². The maximum Gasteiger partial charge on any atom is 0.254 e. The predicted molar refractivity (Wildman–Crippen MR) is 91.0 cm³/mol. The first-order valence-electron chi connectivity index (χ1n) is 8.33. The lowest BCUT2D eigenvalue weighted by Gasteiger charge is -2.43. The fraction of sp³-hybridized carbons (Fsp3) is 0.706. The van der Waals surface area contributed by atoms with E-state index in [-0.39, 0.29) is 11.3 Å². The monoisotopic (exact) mass is 338 g/mol. The Hall–Kier alpha value is -0.950. The molecular weight excluding hydrogens is 312 g/mol. The second-order valence-corrected chi connectivity index (χ2v) is 7.44. The highest BCUT2D eigenvalue weighted by atomic mass is 32.1. The number of piperidine rings is 1. The number of hydrogen-bond acceptors (Lipinski definition) is 5. The number of rotatable bonds is 4. The van der Waals surface area contributed by atoms with Crippen molar-refractivity contribution in [3.63, 3.8) is 0 Å². The van der Waals surface area contributed by atoms with Crippen LogP contribution in [0, 0.1) is 5.41 Å². The third-order valence-corrected chi connectivity index (χ3v) is 5.53. The molecule has 0 unspecified atom stereocenters. The van der Waals surface area contributed by atoms with Crippen LogP contribution in [0.2, 0.25) is 0 Å². The quantitative estimate of drug-likeness (QED) is 0.841. The highest BCUT2D eigenvalue weighted by Crippen LogP contribution is 2.33. The molecule has 0 aliphatic carbocycles. The summed E-state index contributed by atoms with van der Waals surface area (Å²) in [6.07, 6.45) is 2.18. The van der Waals surface area contributed by atoms with Gasteiger partial charge in [-0.05, 0) is 24.3 Å². The van der Waals surface area contributed by atoms with Gasteiger partial charge in [-0.15, -0.1) is 0 Å². The lowest BCUT2D eigenvalue weighted by Crippen LogP contribution is -2.52. The number of ether oxygens (including phenoxy) is 2. The summed E-state index contributed by atoms with van der Waals surface area (Å²) in [5.74, 6) is 0.165. The van der Waals surface area contributed by atoms with Crippen LogP contribution in [-0.2, 0) is 9.47 Å². The van der Waals surface area contributed by atoms with Gasteiger partial charge in [-0.3, -0.25) is 9.69 Å². The molecule has 1 spiro atoms. The average Bonchev–Trinajstić information content (AvgIpc) is 3.03. The van der Waals surface area contributed by atoms with Gasteiger partial charge in [0.05, 0.1) is 25.4 Å². The zero-order valence-electron chi connectivity index (χ0n) is 13.8. The summed E-state index contributed by atoms with van der Waals surface area (Å²) < 4.78 is 11.1. The van der Waals surface area contributed by atoms with Crippen molar-refractivity contribution in [3.8, 4) is 0 Å². The van der Waals surface area contributed by atoms with Crippen molar-refractivity contribution >= 4 is 17.2 Å². The molecule has 0 saturated carbocycles. The molecule has 1 atom stereocenters. The first-order chi connectivity index (χ1) is 11.2. The molecule has 2 aliphatic heterocycles. The number of hydrogen-bond donors (Lipinski definition) is 0. The summed E-state index contributed by atoms with van der Waals surface area (Å²) in [4.78, 5) is 17.1. The topological polar surface area (TPSA) is 42.0 Å². The van der Waals surface area contributed by atoms with E-state index in [4.69, 9.17) is 9.47 Å². The van der Waals surface area contributed by atoms with Gasteiger partial charge >= 0.3 is 0 Å². The van der Waals surface area contributed by atoms with Gasteiger partial charge in [0, 0.05) is 50.6 Å². The van der Waals surface area contributed by atoms with Crippen LogP contribution in [0.5, 0.6) is 0 Å². The highest BCUT2D eigenvalue weighted by molar-refractivity contribution is 7.08. The molecule has 1 aromatic heterocycles. The molecule has 2 fully saturated rings. The Morgan fingerprint density at radius 1 is 1.43 bits per heavy atom. The van der Waals surface area contributed by atoms with Gasteiger partial charge < -0.3 is 14.4 Å². The Kier molecular flexibility index (Phi) is 5.69. The number of carbonyl (C=O) groups is 1. The van der Waals surface area contributed by atoms with E-state index in [0.717, 1.165) is 70.9 Å².